The van der Waals surface area contributed by atoms with Gasteiger partial charge in [0.15, 0.2) is 0 Å². The molecule has 4 nitrogen and oxygen atoms in total. The zero-order chi connectivity index (χ0) is 14.3. The Morgan fingerprint density at radius 1 is 1.40 bits per heavy atom. The summed E-state index contributed by atoms with van der Waals surface area (Å²) in [5.41, 5.74) is 9.83. The molecule has 0 saturated heterocycles. The highest BCUT2D eigenvalue weighted by Crippen LogP contribution is 2.51. The topological polar surface area (TPSA) is 56.7 Å². The van der Waals surface area contributed by atoms with E-state index in [9.17, 15) is 0 Å². The maximum absolute atomic E-state index is 6.26. The second-order valence-corrected chi connectivity index (χ2v) is 6.44. The molecule has 4 heteroatoms. The number of anilines is 1. The van der Waals surface area contributed by atoms with Crippen molar-refractivity contribution in [3.8, 4) is 11.1 Å². The van der Waals surface area contributed by atoms with Gasteiger partial charge in [-0.05, 0) is 24.3 Å². The average Bonchev–Trinajstić information content (AvgIpc) is 2.91. The van der Waals surface area contributed by atoms with Gasteiger partial charge in [0.05, 0.1) is 5.69 Å². The monoisotopic (exact) mass is 270 g/mol. The van der Waals surface area contributed by atoms with E-state index in [1.807, 2.05) is 19.3 Å². The molecule has 1 atom stereocenters. The van der Waals surface area contributed by atoms with Gasteiger partial charge in [0.1, 0.15) is 5.82 Å². The van der Waals surface area contributed by atoms with Crippen LogP contribution in [0.4, 0.5) is 5.82 Å². The number of hydrogen-bond acceptors (Lipinski definition) is 3. The average molecular weight is 270 g/mol. The first-order chi connectivity index (χ1) is 9.50. The van der Waals surface area contributed by atoms with Crippen molar-refractivity contribution in [3.63, 3.8) is 0 Å². The Morgan fingerprint density at radius 2 is 2.20 bits per heavy atom. The third-order valence-corrected chi connectivity index (χ3v) is 4.66. The van der Waals surface area contributed by atoms with E-state index in [1.54, 1.807) is 10.9 Å². The summed E-state index contributed by atoms with van der Waals surface area (Å²) in [6.07, 6.45) is 7.37. The highest BCUT2D eigenvalue weighted by Gasteiger charge is 2.39. The van der Waals surface area contributed by atoms with E-state index in [4.69, 9.17) is 10.8 Å². The first kappa shape index (κ1) is 13.2. The van der Waals surface area contributed by atoms with Gasteiger partial charge in [-0.3, -0.25) is 9.67 Å². The molecule has 1 saturated carbocycles. The molecular formula is C16H22N4. The van der Waals surface area contributed by atoms with Crippen molar-refractivity contribution >= 4 is 5.82 Å². The quantitative estimate of drug-likeness (QED) is 0.910. The predicted molar refractivity (Wildman–Crippen MR) is 81.2 cm³/mol. The standard InChI is InChI=1S/C16H22N4/c1-16(2)8-4-7-12(16)14-13(15(17)20(3)19-14)11-6-5-9-18-10-11/h5-6,9-10,12H,4,7-8,17H2,1-3H3. The number of aryl methyl sites for hydroxylation is 1. The van der Waals surface area contributed by atoms with Crippen LogP contribution in [0.15, 0.2) is 24.5 Å². The molecule has 0 aromatic carbocycles. The molecule has 3 rings (SSSR count). The first-order valence-electron chi connectivity index (χ1n) is 7.23. The Hall–Kier alpha value is -1.84. The summed E-state index contributed by atoms with van der Waals surface area (Å²) in [7, 11) is 1.92. The zero-order valence-electron chi connectivity index (χ0n) is 12.4. The normalized spacial score (nSPS) is 21.2. The molecule has 2 aromatic heterocycles. The highest BCUT2D eigenvalue weighted by molar-refractivity contribution is 5.76. The molecule has 2 N–H and O–H groups in total. The number of nitrogens with zero attached hydrogens (tertiary/aromatic N) is 3. The van der Waals surface area contributed by atoms with Crippen LogP contribution in [0.3, 0.4) is 0 Å². The lowest BCUT2D eigenvalue weighted by Crippen LogP contribution is -2.16. The van der Waals surface area contributed by atoms with E-state index in [1.165, 1.54) is 19.3 Å². The van der Waals surface area contributed by atoms with Crippen molar-refractivity contribution < 1.29 is 0 Å². The third-order valence-electron chi connectivity index (χ3n) is 4.66. The largest absolute Gasteiger partial charge is 0.383 e. The van der Waals surface area contributed by atoms with E-state index in [0.29, 0.717) is 5.92 Å². The lowest BCUT2D eigenvalue weighted by Gasteiger charge is -2.26. The fourth-order valence-corrected chi connectivity index (χ4v) is 3.44. The molecular weight excluding hydrogens is 248 g/mol. The van der Waals surface area contributed by atoms with Crippen LogP contribution in [0, 0.1) is 5.41 Å². The van der Waals surface area contributed by atoms with E-state index in [2.05, 4.69) is 24.9 Å². The molecule has 20 heavy (non-hydrogen) atoms. The fourth-order valence-electron chi connectivity index (χ4n) is 3.44. The second kappa shape index (κ2) is 4.62. The number of aromatic nitrogens is 3. The summed E-state index contributed by atoms with van der Waals surface area (Å²) >= 11 is 0. The minimum absolute atomic E-state index is 0.289. The van der Waals surface area contributed by atoms with Crippen LogP contribution in [0.2, 0.25) is 0 Å². The number of rotatable bonds is 2. The summed E-state index contributed by atoms with van der Waals surface area (Å²) in [4.78, 5) is 4.22. The number of pyridine rings is 1. The van der Waals surface area contributed by atoms with Crippen LogP contribution < -0.4 is 5.73 Å². The molecule has 1 fully saturated rings. The van der Waals surface area contributed by atoms with Gasteiger partial charge in [0, 0.05) is 36.5 Å². The lowest BCUT2D eigenvalue weighted by atomic mass is 9.78. The third kappa shape index (κ3) is 1.99. The second-order valence-electron chi connectivity index (χ2n) is 6.44. The molecule has 106 valence electrons. The van der Waals surface area contributed by atoms with Crippen molar-refractivity contribution in [1.29, 1.82) is 0 Å². The summed E-state index contributed by atoms with van der Waals surface area (Å²) < 4.78 is 1.80. The van der Waals surface area contributed by atoms with Gasteiger partial charge in [-0.1, -0.05) is 26.3 Å². The minimum Gasteiger partial charge on any atom is -0.383 e. The molecule has 2 aromatic rings. The summed E-state index contributed by atoms with van der Waals surface area (Å²) in [6, 6.07) is 4.01. The fraction of sp³-hybridized carbons (Fsp3) is 0.500. The van der Waals surface area contributed by atoms with E-state index in [0.717, 1.165) is 22.6 Å². The molecule has 0 aliphatic heterocycles. The molecule has 0 spiro atoms. The highest BCUT2D eigenvalue weighted by atomic mass is 15.3. The Labute approximate surface area is 120 Å². The van der Waals surface area contributed by atoms with Crippen molar-refractivity contribution in [2.75, 3.05) is 5.73 Å². The molecule has 0 bridgehead atoms. The molecule has 2 heterocycles. The van der Waals surface area contributed by atoms with E-state index >= 15 is 0 Å². The molecule has 1 aliphatic rings. The number of nitrogen functional groups attached to an aromatic ring is 1. The summed E-state index contributed by atoms with van der Waals surface area (Å²) in [5, 5.41) is 4.73. The SMILES string of the molecule is Cn1nc(C2CCCC2(C)C)c(-c2cccnc2)c1N. The Balaban J connectivity index is 2.15. The van der Waals surface area contributed by atoms with Crippen molar-refractivity contribution in [1.82, 2.24) is 14.8 Å². The van der Waals surface area contributed by atoms with Gasteiger partial charge in [0.25, 0.3) is 0 Å². The van der Waals surface area contributed by atoms with Gasteiger partial charge in [-0.2, -0.15) is 5.10 Å². The zero-order valence-corrected chi connectivity index (χ0v) is 12.4. The maximum atomic E-state index is 6.26. The van der Waals surface area contributed by atoms with Crippen LogP contribution in [-0.4, -0.2) is 14.8 Å². The molecule has 0 radical (unpaired) electrons. The lowest BCUT2D eigenvalue weighted by molar-refractivity contribution is 0.326. The Kier molecular flexibility index (Phi) is 3.04. The van der Waals surface area contributed by atoms with Gasteiger partial charge in [-0.25, -0.2) is 0 Å². The van der Waals surface area contributed by atoms with E-state index < -0.39 is 0 Å². The molecule has 1 aliphatic carbocycles. The minimum atomic E-state index is 0.289. The number of hydrogen-bond donors (Lipinski definition) is 1. The van der Waals surface area contributed by atoms with Crippen LogP contribution >= 0.6 is 0 Å². The molecule has 1 unspecified atom stereocenters. The smallest absolute Gasteiger partial charge is 0.129 e. The van der Waals surface area contributed by atoms with Crippen molar-refractivity contribution in [2.45, 2.75) is 39.0 Å². The van der Waals surface area contributed by atoms with Crippen molar-refractivity contribution in [2.24, 2.45) is 12.5 Å². The van der Waals surface area contributed by atoms with Crippen LogP contribution in [-0.2, 0) is 7.05 Å². The number of nitrogens with two attached hydrogens (primary N) is 1. The van der Waals surface area contributed by atoms with Crippen LogP contribution in [0.1, 0.15) is 44.7 Å². The van der Waals surface area contributed by atoms with Gasteiger partial charge in [0.2, 0.25) is 0 Å². The first-order valence-corrected chi connectivity index (χ1v) is 7.23. The van der Waals surface area contributed by atoms with Gasteiger partial charge < -0.3 is 5.73 Å². The Bertz CT molecular complexity index is 613. The molecule has 0 amide bonds. The van der Waals surface area contributed by atoms with Crippen LogP contribution in [0.5, 0.6) is 0 Å². The Morgan fingerprint density at radius 3 is 2.80 bits per heavy atom. The van der Waals surface area contributed by atoms with Gasteiger partial charge in [-0.15, -0.1) is 0 Å². The predicted octanol–water partition coefficient (Wildman–Crippen LogP) is 3.36. The van der Waals surface area contributed by atoms with Crippen LogP contribution in [0.25, 0.3) is 11.1 Å². The van der Waals surface area contributed by atoms with E-state index in [-0.39, 0.29) is 5.41 Å². The summed E-state index contributed by atoms with van der Waals surface area (Å²) in [6.45, 7) is 4.67. The summed E-state index contributed by atoms with van der Waals surface area (Å²) in [5.74, 6) is 1.21. The maximum Gasteiger partial charge on any atom is 0.129 e. The van der Waals surface area contributed by atoms with Gasteiger partial charge >= 0.3 is 0 Å². The van der Waals surface area contributed by atoms with Crippen molar-refractivity contribution in [3.05, 3.63) is 30.2 Å².